The van der Waals surface area contributed by atoms with E-state index in [0.717, 1.165) is 4.47 Å². The highest BCUT2D eigenvalue weighted by Crippen LogP contribution is 2.34. The molecule has 0 amide bonds. The highest BCUT2D eigenvalue weighted by atomic mass is 79.9. The van der Waals surface area contributed by atoms with Crippen molar-refractivity contribution in [3.05, 3.63) is 97.0 Å². The third-order valence-corrected chi connectivity index (χ3v) is 6.20. The number of rotatable bonds is 8. The van der Waals surface area contributed by atoms with Crippen LogP contribution in [-0.4, -0.2) is 34.1 Å². The summed E-state index contributed by atoms with van der Waals surface area (Å²) in [6, 6.07) is 15.0. The Bertz CT molecular complexity index is 1580. The van der Waals surface area contributed by atoms with E-state index >= 15 is 0 Å². The maximum Gasteiger partial charge on any atom is 0.335 e. The molecule has 4 aromatic rings. The Balaban J connectivity index is 1.77. The minimum absolute atomic E-state index is 0.0721. The van der Waals surface area contributed by atoms with Gasteiger partial charge < -0.3 is 14.6 Å². The van der Waals surface area contributed by atoms with Crippen LogP contribution in [0.1, 0.15) is 47.1 Å². The van der Waals surface area contributed by atoms with Gasteiger partial charge in [0.15, 0.2) is 11.5 Å². The van der Waals surface area contributed by atoms with Gasteiger partial charge in [0.25, 0.3) is 5.56 Å². The first-order valence-corrected chi connectivity index (χ1v) is 12.4. The third kappa shape index (κ3) is 5.84. The van der Waals surface area contributed by atoms with E-state index in [0.29, 0.717) is 44.4 Å². The van der Waals surface area contributed by atoms with E-state index in [2.05, 4.69) is 26.0 Å². The molecular weight excluding hydrogens is 562 g/mol. The van der Waals surface area contributed by atoms with Crippen molar-refractivity contribution in [2.75, 3.05) is 7.11 Å². The van der Waals surface area contributed by atoms with Gasteiger partial charge in [0.05, 0.1) is 29.8 Å². The number of ether oxygens (including phenoxy) is 2. The molecule has 4 rings (SSSR count). The quantitative estimate of drug-likeness (QED) is 0.251. The van der Waals surface area contributed by atoms with Crippen LogP contribution in [0.5, 0.6) is 11.5 Å². The molecule has 0 fully saturated rings. The van der Waals surface area contributed by atoms with Crippen molar-refractivity contribution in [3.63, 3.8) is 0 Å². The molecule has 190 valence electrons. The summed E-state index contributed by atoms with van der Waals surface area (Å²) in [4.78, 5) is 29.3. The van der Waals surface area contributed by atoms with Crippen LogP contribution in [0.3, 0.4) is 0 Å². The number of hydrogen-bond acceptors (Lipinski definition) is 6. The number of nitrogens with zero attached hydrogens (tertiary/aromatic N) is 3. The van der Waals surface area contributed by atoms with Crippen LogP contribution in [0.2, 0.25) is 5.02 Å². The average molecular weight is 585 g/mol. The van der Waals surface area contributed by atoms with Gasteiger partial charge in [-0.1, -0.05) is 53.5 Å². The van der Waals surface area contributed by atoms with E-state index in [1.165, 1.54) is 30.1 Å². The van der Waals surface area contributed by atoms with E-state index in [1.54, 1.807) is 36.4 Å². The Hall–Kier alpha value is -3.69. The largest absolute Gasteiger partial charge is 0.493 e. The SMILES string of the molecule is COc1cc(Cl)cc(C=Nn2c(C(C)C)nc3ccc(Br)cc3c2=O)c1OCc1cccc(C(=O)O)c1. The molecule has 37 heavy (non-hydrogen) atoms. The second-order valence-corrected chi connectivity index (χ2v) is 9.82. The van der Waals surface area contributed by atoms with E-state index in [-0.39, 0.29) is 23.6 Å². The van der Waals surface area contributed by atoms with Crippen molar-refractivity contribution in [3.8, 4) is 11.5 Å². The van der Waals surface area contributed by atoms with Crippen molar-refractivity contribution in [1.29, 1.82) is 0 Å². The molecule has 0 saturated carbocycles. The molecule has 0 spiro atoms. The number of methoxy groups -OCH3 is 1. The topological polar surface area (TPSA) is 103 Å². The number of aromatic nitrogens is 2. The Morgan fingerprint density at radius 3 is 2.70 bits per heavy atom. The Labute approximate surface area is 226 Å². The van der Waals surface area contributed by atoms with Gasteiger partial charge in [-0.25, -0.2) is 9.78 Å². The van der Waals surface area contributed by atoms with E-state index < -0.39 is 5.97 Å². The lowest BCUT2D eigenvalue weighted by Crippen LogP contribution is -2.23. The minimum atomic E-state index is -1.03. The maximum atomic E-state index is 13.4. The van der Waals surface area contributed by atoms with Gasteiger partial charge in [0, 0.05) is 27.0 Å². The molecule has 3 aromatic carbocycles. The van der Waals surface area contributed by atoms with Crippen LogP contribution in [0.25, 0.3) is 10.9 Å². The molecule has 1 N–H and O–H groups in total. The first kappa shape index (κ1) is 26.4. The molecule has 0 aliphatic carbocycles. The van der Waals surface area contributed by atoms with Gasteiger partial charge in [0.2, 0.25) is 0 Å². The second kappa shape index (κ2) is 11.1. The normalized spacial score (nSPS) is 11.4. The summed E-state index contributed by atoms with van der Waals surface area (Å²) in [5.41, 5.74) is 1.55. The smallest absolute Gasteiger partial charge is 0.335 e. The predicted molar refractivity (Wildman–Crippen MR) is 147 cm³/mol. The zero-order chi connectivity index (χ0) is 26.7. The Kier molecular flexibility index (Phi) is 7.94. The number of carboxylic acids is 1. The first-order valence-electron chi connectivity index (χ1n) is 11.3. The first-order chi connectivity index (χ1) is 17.7. The standard InChI is InChI=1S/C27H23BrClN3O5/c1-15(2)25-31-22-8-7-19(28)11-21(22)26(33)32(25)30-13-18-10-20(29)12-23(36-3)24(18)37-14-16-5-4-6-17(9-16)27(34)35/h4-13,15H,14H2,1-3H3,(H,34,35). The number of benzene rings is 3. The fourth-order valence-electron chi connectivity index (χ4n) is 3.71. The van der Waals surface area contributed by atoms with Gasteiger partial charge in [0.1, 0.15) is 12.4 Å². The van der Waals surface area contributed by atoms with Crippen molar-refractivity contribution < 1.29 is 19.4 Å². The van der Waals surface area contributed by atoms with Crippen LogP contribution < -0.4 is 15.0 Å². The van der Waals surface area contributed by atoms with Crippen LogP contribution >= 0.6 is 27.5 Å². The Morgan fingerprint density at radius 2 is 2.00 bits per heavy atom. The molecule has 0 bridgehead atoms. The number of hydrogen-bond donors (Lipinski definition) is 1. The highest BCUT2D eigenvalue weighted by molar-refractivity contribution is 9.10. The van der Waals surface area contributed by atoms with Crippen molar-refractivity contribution in [2.45, 2.75) is 26.4 Å². The summed E-state index contributed by atoms with van der Waals surface area (Å²) in [7, 11) is 1.48. The van der Waals surface area contributed by atoms with Gasteiger partial charge in [-0.3, -0.25) is 4.79 Å². The summed E-state index contributed by atoms with van der Waals surface area (Å²) < 4.78 is 13.5. The van der Waals surface area contributed by atoms with Crippen molar-refractivity contribution in [1.82, 2.24) is 9.66 Å². The van der Waals surface area contributed by atoms with E-state index in [4.69, 9.17) is 21.1 Å². The van der Waals surface area contributed by atoms with Gasteiger partial charge in [-0.05, 0) is 42.0 Å². The predicted octanol–water partition coefficient (Wildman–Crippen LogP) is 6.10. The second-order valence-electron chi connectivity index (χ2n) is 8.47. The summed E-state index contributed by atoms with van der Waals surface area (Å²) in [5.74, 6) is 0.0931. The summed E-state index contributed by atoms with van der Waals surface area (Å²) in [6.45, 7) is 3.93. The molecule has 1 aromatic heterocycles. The average Bonchev–Trinajstić information content (AvgIpc) is 2.87. The maximum absolute atomic E-state index is 13.4. The number of carbonyl (C=O) groups is 1. The molecule has 0 saturated heterocycles. The van der Waals surface area contributed by atoms with Crippen molar-refractivity contribution >= 4 is 50.6 Å². The molecule has 8 nitrogen and oxygen atoms in total. The lowest BCUT2D eigenvalue weighted by atomic mass is 10.1. The molecule has 0 atom stereocenters. The molecule has 10 heteroatoms. The highest BCUT2D eigenvalue weighted by Gasteiger charge is 2.16. The van der Waals surface area contributed by atoms with Crippen LogP contribution in [-0.2, 0) is 6.61 Å². The number of carboxylic acid groups (broad SMARTS) is 1. The van der Waals surface area contributed by atoms with E-state index in [9.17, 15) is 14.7 Å². The fourth-order valence-corrected chi connectivity index (χ4v) is 4.29. The molecule has 1 heterocycles. The number of aromatic carboxylic acids is 1. The molecule has 0 unspecified atom stereocenters. The van der Waals surface area contributed by atoms with Crippen molar-refractivity contribution in [2.24, 2.45) is 5.10 Å². The van der Waals surface area contributed by atoms with Gasteiger partial charge in [-0.15, -0.1) is 0 Å². The summed E-state index contributed by atoms with van der Waals surface area (Å²) in [6.07, 6.45) is 1.47. The molecule has 0 aliphatic rings. The molecule has 0 radical (unpaired) electrons. The molecular formula is C27H23BrClN3O5. The van der Waals surface area contributed by atoms with Gasteiger partial charge in [-0.2, -0.15) is 9.78 Å². The van der Waals surface area contributed by atoms with Crippen LogP contribution in [0, 0.1) is 0 Å². The minimum Gasteiger partial charge on any atom is -0.493 e. The monoisotopic (exact) mass is 583 g/mol. The van der Waals surface area contributed by atoms with E-state index in [1.807, 2.05) is 19.9 Å². The third-order valence-electron chi connectivity index (χ3n) is 5.49. The lowest BCUT2D eigenvalue weighted by Gasteiger charge is -2.15. The number of fused-ring (bicyclic) bond motifs is 1. The lowest BCUT2D eigenvalue weighted by molar-refractivity contribution is 0.0696. The number of halogens is 2. The Morgan fingerprint density at radius 1 is 1.22 bits per heavy atom. The zero-order valence-corrected chi connectivity index (χ0v) is 22.6. The van der Waals surface area contributed by atoms with Gasteiger partial charge >= 0.3 is 5.97 Å². The summed E-state index contributed by atoms with van der Waals surface area (Å²) >= 11 is 9.72. The van der Waals surface area contributed by atoms with Crippen LogP contribution in [0.4, 0.5) is 0 Å². The molecule has 0 aliphatic heterocycles. The van der Waals surface area contributed by atoms with Crippen LogP contribution in [0.15, 0.2) is 69.0 Å². The summed E-state index contributed by atoms with van der Waals surface area (Å²) in [5, 5.41) is 14.6. The zero-order valence-electron chi connectivity index (χ0n) is 20.2. The fraction of sp³-hybridized carbons (Fsp3) is 0.185.